The van der Waals surface area contributed by atoms with E-state index in [1.54, 1.807) is 0 Å². The van der Waals surface area contributed by atoms with Crippen LogP contribution in [-0.4, -0.2) is 24.5 Å². The minimum absolute atomic E-state index is 0.00114. The molecule has 1 fully saturated rings. The highest BCUT2D eigenvalue weighted by molar-refractivity contribution is 6.99. The van der Waals surface area contributed by atoms with Gasteiger partial charge in [-0.3, -0.25) is 0 Å². The molecular formula is C43H44N2OSi. The summed E-state index contributed by atoms with van der Waals surface area (Å²) in [6, 6.07) is 54.4. The van der Waals surface area contributed by atoms with Gasteiger partial charge < -0.3 is 8.99 Å². The molecule has 0 N–H and O–H groups in total. The van der Waals surface area contributed by atoms with Gasteiger partial charge in [-0.2, -0.15) is 0 Å². The maximum Gasteiger partial charge on any atom is 0.261 e. The van der Waals surface area contributed by atoms with E-state index in [1.165, 1.54) is 27.1 Å². The van der Waals surface area contributed by atoms with E-state index in [2.05, 4.69) is 190 Å². The van der Waals surface area contributed by atoms with Crippen molar-refractivity contribution in [1.82, 2.24) is 9.55 Å². The summed E-state index contributed by atoms with van der Waals surface area (Å²) in [5.41, 5.74) is 4.18. The van der Waals surface area contributed by atoms with Crippen LogP contribution in [0.15, 0.2) is 164 Å². The standard InChI is InChI=1S/C43H44N2OSi/c1-41(2,3)47(37-26-16-8-17-27-37,38-28-18-9-19-29-38)46-32-42(4)30-39(42)40-31-45(33-44-40)43(34-20-10-5-11-21-34,35-22-12-6-13-23-35)36-24-14-7-15-25-36/h5-29,31,33,39H,30,32H2,1-4H3. The highest BCUT2D eigenvalue weighted by atomic mass is 28.4. The first-order valence-corrected chi connectivity index (χ1v) is 18.7. The van der Waals surface area contributed by atoms with E-state index in [0.717, 1.165) is 12.1 Å². The number of aromatic nitrogens is 2. The molecule has 47 heavy (non-hydrogen) atoms. The zero-order valence-electron chi connectivity index (χ0n) is 27.9. The van der Waals surface area contributed by atoms with Crippen molar-refractivity contribution < 1.29 is 4.43 Å². The molecule has 236 valence electrons. The first kappa shape index (κ1) is 31.1. The van der Waals surface area contributed by atoms with Gasteiger partial charge in [0.1, 0.15) is 5.54 Å². The predicted octanol–water partition coefficient (Wildman–Crippen LogP) is 8.79. The van der Waals surface area contributed by atoms with E-state index in [4.69, 9.17) is 9.41 Å². The Labute approximate surface area is 281 Å². The topological polar surface area (TPSA) is 27.1 Å². The molecule has 1 aliphatic rings. The van der Waals surface area contributed by atoms with E-state index in [-0.39, 0.29) is 10.5 Å². The van der Waals surface area contributed by atoms with Crippen LogP contribution >= 0.6 is 0 Å². The van der Waals surface area contributed by atoms with E-state index >= 15 is 0 Å². The van der Waals surface area contributed by atoms with Gasteiger partial charge in [-0.15, -0.1) is 0 Å². The summed E-state index contributed by atoms with van der Waals surface area (Å²) in [7, 11) is -2.63. The van der Waals surface area contributed by atoms with Crippen molar-refractivity contribution in [2.45, 2.75) is 50.6 Å². The summed E-state index contributed by atoms with van der Waals surface area (Å²) in [5.74, 6) is 0.321. The number of hydrogen-bond donors (Lipinski definition) is 0. The van der Waals surface area contributed by atoms with Crippen LogP contribution in [0.2, 0.25) is 5.04 Å². The van der Waals surface area contributed by atoms with E-state index < -0.39 is 13.9 Å². The Hall–Kier alpha value is -4.51. The van der Waals surface area contributed by atoms with Crippen molar-refractivity contribution >= 4 is 18.7 Å². The molecule has 0 radical (unpaired) electrons. The molecule has 7 rings (SSSR count). The van der Waals surface area contributed by atoms with Gasteiger partial charge in [0.05, 0.1) is 12.0 Å². The molecule has 5 aromatic carbocycles. The molecule has 2 unspecified atom stereocenters. The monoisotopic (exact) mass is 632 g/mol. The van der Waals surface area contributed by atoms with Crippen LogP contribution in [0.3, 0.4) is 0 Å². The molecule has 0 aliphatic heterocycles. The molecule has 1 saturated carbocycles. The van der Waals surface area contributed by atoms with Gasteiger partial charge in [0.15, 0.2) is 0 Å². The SMILES string of the molecule is CC1(CO[Si](c2ccccc2)(c2ccccc2)C(C)(C)C)CC1c1cn(C(c2ccccc2)(c2ccccc2)c2ccccc2)cn1. The first-order chi connectivity index (χ1) is 22.8. The number of nitrogens with zero attached hydrogens (tertiary/aromatic N) is 2. The van der Waals surface area contributed by atoms with Crippen LogP contribution in [-0.2, 0) is 9.96 Å². The Bertz CT molecular complexity index is 1760. The van der Waals surface area contributed by atoms with Crippen LogP contribution in [0.5, 0.6) is 0 Å². The quantitative estimate of drug-likeness (QED) is 0.112. The fourth-order valence-electron chi connectivity index (χ4n) is 7.75. The molecule has 1 aliphatic carbocycles. The van der Waals surface area contributed by atoms with Crippen molar-refractivity contribution in [3.63, 3.8) is 0 Å². The molecule has 1 heterocycles. The smallest absolute Gasteiger partial charge is 0.261 e. The van der Waals surface area contributed by atoms with Crippen LogP contribution in [0.4, 0.5) is 0 Å². The summed E-state index contributed by atoms with van der Waals surface area (Å²) in [6.07, 6.45) is 5.40. The van der Waals surface area contributed by atoms with Crippen molar-refractivity contribution in [2.24, 2.45) is 5.41 Å². The molecule has 2 atom stereocenters. The zero-order valence-corrected chi connectivity index (χ0v) is 28.9. The largest absolute Gasteiger partial charge is 0.407 e. The number of imidazole rings is 1. The maximum absolute atomic E-state index is 7.43. The van der Waals surface area contributed by atoms with Crippen LogP contribution < -0.4 is 10.4 Å². The average Bonchev–Trinajstić information content (AvgIpc) is 3.54. The van der Waals surface area contributed by atoms with Crippen molar-refractivity contribution in [2.75, 3.05) is 6.61 Å². The van der Waals surface area contributed by atoms with Crippen LogP contribution in [0.1, 0.15) is 62.4 Å². The normalized spacial score (nSPS) is 18.2. The third kappa shape index (κ3) is 5.40. The van der Waals surface area contributed by atoms with Gasteiger partial charge >= 0.3 is 0 Å². The van der Waals surface area contributed by atoms with Gasteiger partial charge in [-0.05, 0) is 43.9 Å². The van der Waals surface area contributed by atoms with Gasteiger partial charge in [0.2, 0.25) is 0 Å². The third-order valence-corrected chi connectivity index (χ3v) is 15.3. The highest BCUT2D eigenvalue weighted by Gasteiger charge is 2.57. The summed E-state index contributed by atoms with van der Waals surface area (Å²) in [4.78, 5) is 5.14. The average molecular weight is 633 g/mol. The Morgan fingerprint density at radius 1 is 0.660 bits per heavy atom. The lowest BCUT2D eigenvalue weighted by molar-refractivity contribution is 0.228. The second kappa shape index (κ2) is 12.3. The second-order valence-electron chi connectivity index (χ2n) is 14.4. The second-order valence-corrected chi connectivity index (χ2v) is 18.7. The van der Waals surface area contributed by atoms with Crippen LogP contribution in [0.25, 0.3) is 0 Å². The molecular weight excluding hydrogens is 589 g/mol. The Kier molecular flexibility index (Phi) is 8.11. The molecule has 0 amide bonds. The summed E-state index contributed by atoms with van der Waals surface area (Å²) >= 11 is 0. The third-order valence-electron chi connectivity index (χ3n) is 10.3. The van der Waals surface area contributed by atoms with Gasteiger partial charge in [-0.25, -0.2) is 4.98 Å². The fourth-order valence-corrected chi connectivity index (χ4v) is 12.5. The fraction of sp³-hybridized carbons (Fsp3) is 0.233. The molecule has 3 nitrogen and oxygen atoms in total. The lowest BCUT2D eigenvalue weighted by Crippen LogP contribution is -2.67. The minimum atomic E-state index is -2.63. The Morgan fingerprint density at radius 3 is 1.47 bits per heavy atom. The Morgan fingerprint density at radius 2 is 1.06 bits per heavy atom. The van der Waals surface area contributed by atoms with Crippen LogP contribution in [0, 0.1) is 5.41 Å². The minimum Gasteiger partial charge on any atom is -0.407 e. The highest BCUT2D eigenvalue weighted by Crippen LogP contribution is 2.59. The summed E-state index contributed by atoms with van der Waals surface area (Å²) < 4.78 is 9.77. The molecule has 0 bridgehead atoms. The lowest BCUT2D eigenvalue weighted by atomic mass is 9.77. The summed E-state index contributed by atoms with van der Waals surface area (Å²) in [6.45, 7) is 10.1. The zero-order chi connectivity index (χ0) is 32.5. The van der Waals surface area contributed by atoms with Crippen molar-refractivity contribution in [3.05, 3.63) is 187 Å². The number of hydrogen-bond acceptors (Lipinski definition) is 2. The molecule has 0 spiro atoms. The molecule has 1 aromatic heterocycles. The predicted molar refractivity (Wildman–Crippen MR) is 196 cm³/mol. The number of benzene rings is 5. The maximum atomic E-state index is 7.43. The van der Waals surface area contributed by atoms with Gasteiger partial charge in [-0.1, -0.05) is 179 Å². The molecule has 0 saturated heterocycles. The molecule has 6 aromatic rings. The summed E-state index contributed by atoms with van der Waals surface area (Å²) in [5, 5.41) is 2.59. The van der Waals surface area contributed by atoms with Crippen molar-refractivity contribution in [3.8, 4) is 0 Å². The lowest BCUT2D eigenvalue weighted by Gasteiger charge is -2.43. The Balaban J connectivity index is 1.26. The van der Waals surface area contributed by atoms with Gasteiger partial charge in [0, 0.05) is 18.7 Å². The first-order valence-electron chi connectivity index (χ1n) is 16.7. The van der Waals surface area contributed by atoms with Gasteiger partial charge in [0.25, 0.3) is 8.32 Å². The van der Waals surface area contributed by atoms with Crippen molar-refractivity contribution in [1.29, 1.82) is 0 Å². The molecule has 4 heteroatoms. The van der Waals surface area contributed by atoms with E-state index in [1.807, 2.05) is 6.33 Å². The van der Waals surface area contributed by atoms with E-state index in [0.29, 0.717) is 12.5 Å². The number of rotatable bonds is 10. The van der Waals surface area contributed by atoms with E-state index in [9.17, 15) is 0 Å².